The van der Waals surface area contributed by atoms with Gasteiger partial charge < -0.3 is 15.8 Å². The van der Waals surface area contributed by atoms with Crippen LogP contribution in [0.2, 0.25) is 0 Å². The highest BCUT2D eigenvalue weighted by molar-refractivity contribution is 5.91. The molecule has 1 heterocycles. The minimum Gasteiger partial charge on any atom is -0.484 e. The molecule has 2 aromatic carbocycles. The second kappa shape index (κ2) is 9.96. The van der Waals surface area contributed by atoms with E-state index in [1.165, 1.54) is 0 Å². The molecule has 0 radical (unpaired) electrons. The Morgan fingerprint density at radius 1 is 1.16 bits per heavy atom. The van der Waals surface area contributed by atoms with Crippen molar-refractivity contribution in [2.75, 3.05) is 25.0 Å². The molecule has 166 valence electrons. The third-order valence-corrected chi connectivity index (χ3v) is 5.62. The van der Waals surface area contributed by atoms with Crippen LogP contribution in [0.3, 0.4) is 0 Å². The summed E-state index contributed by atoms with van der Waals surface area (Å²) in [6.45, 7) is 8.83. The number of primary amides is 1. The molecule has 0 spiro atoms. The number of amides is 2. The Morgan fingerprint density at radius 3 is 2.58 bits per heavy atom. The number of nitrogens with two attached hydrogens (primary N) is 1. The number of likely N-dealkylation sites (tertiary alicyclic amines) is 1. The van der Waals surface area contributed by atoms with Crippen molar-refractivity contribution in [2.24, 2.45) is 11.7 Å². The van der Waals surface area contributed by atoms with E-state index in [9.17, 15) is 9.59 Å². The van der Waals surface area contributed by atoms with E-state index in [-0.39, 0.29) is 29.8 Å². The molecule has 6 nitrogen and oxygen atoms in total. The minimum absolute atomic E-state index is 0.0261. The van der Waals surface area contributed by atoms with Gasteiger partial charge in [0.2, 0.25) is 5.91 Å². The van der Waals surface area contributed by atoms with Gasteiger partial charge in [-0.2, -0.15) is 0 Å². The zero-order valence-corrected chi connectivity index (χ0v) is 18.7. The number of hydrogen-bond acceptors (Lipinski definition) is 4. The third-order valence-electron chi connectivity index (χ3n) is 5.62. The Hall–Kier alpha value is -2.86. The van der Waals surface area contributed by atoms with Gasteiger partial charge in [0.1, 0.15) is 5.75 Å². The number of anilines is 1. The maximum absolute atomic E-state index is 12.3. The summed E-state index contributed by atoms with van der Waals surface area (Å²) in [4.78, 5) is 26.0. The number of rotatable bonds is 7. The summed E-state index contributed by atoms with van der Waals surface area (Å²) < 4.78 is 5.67. The summed E-state index contributed by atoms with van der Waals surface area (Å²) in [5.41, 5.74) is 8.52. The Kier molecular flexibility index (Phi) is 7.33. The van der Waals surface area contributed by atoms with Gasteiger partial charge in [-0.25, -0.2) is 0 Å². The molecule has 3 rings (SSSR count). The summed E-state index contributed by atoms with van der Waals surface area (Å²) in [6, 6.07) is 15.6. The third kappa shape index (κ3) is 6.82. The molecular formula is C25H33N3O3. The predicted molar refractivity (Wildman–Crippen MR) is 123 cm³/mol. The first kappa shape index (κ1) is 22.8. The van der Waals surface area contributed by atoms with Crippen molar-refractivity contribution < 1.29 is 14.3 Å². The molecule has 1 aliphatic heterocycles. The van der Waals surface area contributed by atoms with Crippen LogP contribution < -0.4 is 15.8 Å². The monoisotopic (exact) mass is 423 g/mol. The normalized spacial score (nSPS) is 17.2. The van der Waals surface area contributed by atoms with Crippen molar-refractivity contribution in [2.45, 2.75) is 45.6 Å². The van der Waals surface area contributed by atoms with Crippen molar-refractivity contribution in [1.29, 1.82) is 0 Å². The van der Waals surface area contributed by atoms with Crippen molar-refractivity contribution in [3.8, 4) is 5.75 Å². The van der Waals surface area contributed by atoms with Gasteiger partial charge in [0.25, 0.3) is 5.91 Å². The molecule has 2 aromatic rings. The van der Waals surface area contributed by atoms with Crippen LogP contribution in [0.15, 0.2) is 48.5 Å². The number of piperidine rings is 1. The first-order valence-corrected chi connectivity index (χ1v) is 10.8. The standard InChI is InChI=1S/C25H33N3O3/c1-25(2,3)20-7-4-8-22(14-20)31-17-23(29)27-21-11-9-18(10-12-21)15-28-13-5-6-19(16-28)24(26)30/h4,7-12,14,19H,5-6,13,15-17H2,1-3H3,(H2,26,30)(H,27,29). The second-order valence-corrected chi connectivity index (χ2v) is 9.29. The maximum Gasteiger partial charge on any atom is 0.262 e. The number of benzene rings is 2. The highest BCUT2D eigenvalue weighted by Gasteiger charge is 2.23. The number of nitrogens with one attached hydrogen (secondary N) is 1. The lowest BCUT2D eigenvalue weighted by atomic mass is 9.87. The van der Waals surface area contributed by atoms with Gasteiger partial charge in [-0.05, 0) is 60.2 Å². The van der Waals surface area contributed by atoms with Gasteiger partial charge in [-0.15, -0.1) is 0 Å². The molecule has 31 heavy (non-hydrogen) atoms. The van der Waals surface area contributed by atoms with Crippen molar-refractivity contribution in [3.63, 3.8) is 0 Å². The average molecular weight is 424 g/mol. The highest BCUT2D eigenvalue weighted by Crippen LogP contribution is 2.25. The fourth-order valence-corrected chi connectivity index (χ4v) is 3.78. The topological polar surface area (TPSA) is 84.7 Å². The number of nitrogens with zero attached hydrogens (tertiary/aromatic N) is 1. The molecule has 1 unspecified atom stereocenters. The maximum atomic E-state index is 12.3. The van der Waals surface area contributed by atoms with Crippen molar-refractivity contribution in [3.05, 3.63) is 59.7 Å². The number of carbonyl (C=O) groups excluding carboxylic acids is 2. The van der Waals surface area contributed by atoms with Crippen LogP contribution in [0.5, 0.6) is 5.75 Å². The quantitative estimate of drug-likeness (QED) is 0.711. The van der Waals surface area contributed by atoms with E-state index in [0.29, 0.717) is 12.3 Å². The summed E-state index contributed by atoms with van der Waals surface area (Å²) in [5, 5.41) is 2.87. The second-order valence-electron chi connectivity index (χ2n) is 9.29. The number of hydrogen-bond donors (Lipinski definition) is 2. The van der Waals surface area contributed by atoms with Gasteiger partial charge in [-0.1, -0.05) is 45.0 Å². The largest absolute Gasteiger partial charge is 0.484 e. The molecular weight excluding hydrogens is 390 g/mol. The molecule has 0 aromatic heterocycles. The van der Waals surface area contributed by atoms with E-state index >= 15 is 0 Å². The van der Waals surface area contributed by atoms with Gasteiger partial charge >= 0.3 is 0 Å². The van der Waals surface area contributed by atoms with Crippen LogP contribution in [0.25, 0.3) is 0 Å². The van der Waals surface area contributed by atoms with E-state index in [4.69, 9.17) is 10.5 Å². The first-order valence-electron chi connectivity index (χ1n) is 10.8. The van der Waals surface area contributed by atoms with Crippen LogP contribution in [0.1, 0.15) is 44.7 Å². The minimum atomic E-state index is -0.213. The molecule has 1 saturated heterocycles. The van der Waals surface area contributed by atoms with Gasteiger partial charge in [0, 0.05) is 18.8 Å². The Balaban J connectivity index is 1.48. The van der Waals surface area contributed by atoms with E-state index in [2.05, 4.69) is 37.1 Å². The average Bonchev–Trinajstić information content (AvgIpc) is 2.73. The van der Waals surface area contributed by atoms with Gasteiger partial charge in [0.05, 0.1) is 5.92 Å². The molecule has 1 aliphatic rings. The lowest BCUT2D eigenvalue weighted by molar-refractivity contribution is -0.123. The van der Waals surface area contributed by atoms with Crippen molar-refractivity contribution in [1.82, 2.24) is 4.90 Å². The smallest absolute Gasteiger partial charge is 0.262 e. The van der Waals surface area contributed by atoms with E-state index in [1.54, 1.807) is 0 Å². The summed E-state index contributed by atoms with van der Waals surface area (Å²) in [7, 11) is 0. The zero-order chi connectivity index (χ0) is 22.4. The predicted octanol–water partition coefficient (Wildman–Crippen LogP) is 3.70. The van der Waals surface area contributed by atoms with E-state index in [0.717, 1.165) is 42.7 Å². The van der Waals surface area contributed by atoms with Crippen LogP contribution in [-0.2, 0) is 21.5 Å². The van der Waals surface area contributed by atoms with Crippen LogP contribution in [0.4, 0.5) is 5.69 Å². The Bertz CT molecular complexity index is 903. The lowest BCUT2D eigenvalue weighted by Crippen LogP contribution is -2.40. The fraction of sp³-hybridized carbons (Fsp3) is 0.440. The van der Waals surface area contributed by atoms with Crippen molar-refractivity contribution >= 4 is 17.5 Å². The fourth-order valence-electron chi connectivity index (χ4n) is 3.78. The molecule has 0 aliphatic carbocycles. The Morgan fingerprint density at radius 2 is 1.90 bits per heavy atom. The number of ether oxygens (including phenoxy) is 1. The molecule has 2 amide bonds. The van der Waals surface area contributed by atoms with Crippen LogP contribution in [-0.4, -0.2) is 36.4 Å². The molecule has 3 N–H and O–H groups in total. The molecule has 1 fully saturated rings. The van der Waals surface area contributed by atoms with E-state index < -0.39 is 0 Å². The molecule has 1 atom stereocenters. The first-order chi connectivity index (χ1) is 14.7. The van der Waals surface area contributed by atoms with Crippen LogP contribution in [0, 0.1) is 5.92 Å². The molecule has 0 saturated carbocycles. The van der Waals surface area contributed by atoms with E-state index in [1.807, 2.05) is 42.5 Å². The lowest BCUT2D eigenvalue weighted by Gasteiger charge is -2.31. The summed E-state index contributed by atoms with van der Waals surface area (Å²) in [6.07, 6.45) is 1.86. The van der Waals surface area contributed by atoms with Crippen LogP contribution >= 0.6 is 0 Å². The summed E-state index contributed by atoms with van der Waals surface area (Å²) >= 11 is 0. The van der Waals surface area contributed by atoms with Gasteiger partial charge in [0.15, 0.2) is 6.61 Å². The SMILES string of the molecule is CC(C)(C)c1cccc(OCC(=O)Nc2ccc(CN3CCCC(C(N)=O)C3)cc2)c1. The summed E-state index contributed by atoms with van der Waals surface area (Å²) in [5.74, 6) is 0.217. The molecule has 6 heteroatoms. The Labute approximate surface area is 184 Å². The number of carbonyl (C=O) groups is 2. The zero-order valence-electron chi connectivity index (χ0n) is 18.7. The van der Waals surface area contributed by atoms with Gasteiger partial charge in [-0.3, -0.25) is 14.5 Å². The molecule has 0 bridgehead atoms. The highest BCUT2D eigenvalue weighted by atomic mass is 16.5.